The summed E-state index contributed by atoms with van der Waals surface area (Å²) in [5.41, 5.74) is 1.21. The molecule has 0 saturated carbocycles. The molecule has 2 aromatic rings. The van der Waals surface area contributed by atoms with Gasteiger partial charge in [0.05, 0.1) is 8.81 Å². The van der Waals surface area contributed by atoms with E-state index in [4.69, 9.17) is 4.52 Å². The van der Waals surface area contributed by atoms with Gasteiger partial charge in [0.15, 0.2) is 0 Å². The highest BCUT2D eigenvalue weighted by atomic mass is 31.1. The third kappa shape index (κ3) is 1.78. The van der Waals surface area contributed by atoms with Crippen LogP contribution in [0, 0.1) is 0 Å². The predicted molar refractivity (Wildman–Crippen MR) is 68.8 cm³/mol. The predicted octanol–water partition coefficient (Wildman–Crippen LogP) is 4.66. The molecule has 0 fully saturated rings. The van der Waals surface area contributed by atoms with Gasteiger partial charge in [0.1, 0.15) is 5.75 Å². The first-order valence-electron chi connectivity index (χ1n) is 4.56. The summed E-state index contributed by atoms with van der Waals surface area (Å²) in [4.78, 5) is 0. The summed E-state index contributed by atoms with van der Waals surface area (Å²) < 4.78 is 5.57. The molecule has 73 valence electrons. The molecule has 0 aromatic heterocycles. The SMILES string of the molecule is C1=Cc2c(ccc3ccccc23)OP1.[P]. The molecule has 3 radical (unpaired) electrons. The fourth-order valence-electron chi connectivity index (χ4n) is 1.75. The summed E-state index contributed by atoms with van der Waals surface area (Å²) in [7, 11) is 0.459. The molecule has 2 aromatic carbocycles. The molecule has 1 aliphatic rings. The minimum absolute atomic E-state index is 0. The van der Waals surface area contributed by atoms with E-state index in [1.54, 1.807) is 0 Å². The molecule has 15 heavy (non-hydrogen) atoms. The van der Waals surface area contributed by atoms with E-state index < -0.39 is 0 Å². The molecule has 0 bridgehead atoms. The van der Waals surface area contributed by atoms with Gasteiger partial charge in [-0.2, -0.15) is 0 Å². The maximum atomic E-state index is 5.57. The monoisotopic (exact) mass is 231 g/mol. The van der Waals surface area contributed by atoms with Crippen LogP contribution in [0.4, 0.5) is 0 Å². The highest BCUT2D eigenvalue weighted by molar-refractivity contribution is 7.37. The van der Waals surface area contributed by atoms with Gasteiger partial charge in [0.25, 0.3) is 0 Å². The minimum atomic E-state index is 0. The van der Waals surface area contributed by atoms with Crippen molar-refractivity contribution in [1.29, 1.82) is 0 Å². The summed E-state index contributed by atoms with van der Waals surface area (Å²) in [5.74, 6) is 3.08. The second-order valence-corrected chi connectivity index (χ2v) is 4.02. The average molecular weight is 231 g/mol. The van der Waals surface area contributed by atoms with Crippen molar-refractivity contribution in [2.75, 3.05) is 0 Å². The average Bonchev–Trinajstić information content (AvgIpc) is 2.29. The Morgan fingerprint density at radius 2 is 1.87 bits per heavy atom. The third-order valence-corrected chi connectivity index (χ3v) is 3.06. The van der Waals surface area contributed by atoms with Crippen LogP contribution in [0.2, 0.25) is 0 Å². The molecule has 1 unspecified atom stereocenters. The Bertz CT molecular complexity index is 520. The summed E-state index contributed by atoms with van der Waals surface area (Å²) in [6.45, 7) is 0. The van der Waals surface area contributed by atoms with E-state index in [2.05, 4.69) is 42.2 Å². The van der Waals surface area contributed by atoms with Crippen molar-refractivity contribution in [1.82, 2.24) is 0 Å². The first kappa shape index (κ1) is 10.6. The van der Waals surface area contributed by atoms with Gasteiger partial charge in [0, 0.05) is 15.5 Å². The number of benzene rings is 2. The van der Waals surface area contributed by atoms with E-state index in [9.17, 15) is 0 Å². The Labute approximate surface area is 94.0 Å². The van der Waals surface area contributed by atoms with E-state index in [0.717, 1.165) is 5.75 Å². The largest absolute Gasteiger partial charge is 0.472 e. The maximum absolute atomic E-state index is 5.57. The zero-order chi connectivity index (χ0) is 9.38. The highest BCUT2D eigenvalue weighted by Crippen LogP contribution is 2.37. The van der Waals surface area contributed by atoms with Gasteiger partial charge in [-0.3, -0.25) is 0 Å². The van der Waals surface area contributed by atoms with Crippen molar-refractivity contribution in [3.63, 3.8) is 0 Å². The van der Waals surface area contributed by atoms with Crippen molar-refractivity contribution in [2.24, 2.45) is 0 Å². The third-order valence-electron chi connectivity index (χ3n) is 2.42. The fourth-order valence-corrected chi connectivity index (χ4v) is 2.36. The van der Waals surface area contributed by atoms with Crippen LogP contribution >= 0.6 is 18.7 Å². The van der Waals surface area contributed by atoms with Crippen molar-refractivity contribution in [3.05, 3.63) is 47.8 Å². The van der Waals surface area contributed by atoms with Crippen LogP contribution in [0.5, 0.6) is 5.75 Å². The standard InChI is InChI=1S/C12H9OP.P/c1-2-4-10-9(3-1)5-6-12-11(10)7-8-14-13-12;/h1-8,14H;. The Balaban J connectivity index is 0.000000853. The van der Waals surface area contributed by atoms with Crippen LogP contribution < -0.4 is 4.52 Å². The fraction of sp³-hybridized carbons (Fsp3) is 0. The number of hydrogen-bond donors (Lipinski definition) is 0. The van der Waals surface area contributed by atoms with Gasteiger partial charge in [0.2, 0.25) is 0 Å². The van der Waals surface area contributed by atoms with Crippen LogP contribution in [-0.4, -0.2) is 0 Å². The molecule has 0 amide bonds. The molecule has 0 spiro atoms. The molecule has 1 aliphatic heterocycles. The Morgan fingerprint density at radius 3 is 2.80 bits per heavy atom. The molecule has 0 N–H and O–H groups in total. The lowest BCUT2D eigenvalue weighted by Crippen LogP contribution is -1.88. The minimum Gasteiger partial charge on any atom is -0.472 e. The first-order valence-corrected chi connectivity index (χ1v) is 5.54. The van der Waals surface area contributed by atoms with Crippen LogP contribution in [-0.2, 0) is 0 Å². The zero-order valence-electron chi connectivity index (χ0n) is 7.97. The number of fused-ring (bicyclic) bond motifs is 3. The quantitative estimate of drug-likeness (QED) is 0.599. The summed E-state index contributed by atoms with van der Waals surface area (Å²) in [6, 6.07) is 12.5. The maximum Gasteiger partial charge on any atom is 0.131 e. The van der Waals surface area contributed by atoms with Gasteiger partial charge < -0.3 is 4.52 Å². The van der Waals surface area contributed by atoms with E-state index >= 15 is 0 Å². The number of hydrogen-bond acceptors (Lipinski definition) is 1. The normalized spacial score (nSPS) is 14.4. The van der Waals surface area contributed by atoms with Crippen LogP contribution in [0.25, 0.3) is 16.8 Å². The van der Waals surface area contributed by atoms with Crippen LogP contribution in [0.1, 0.15) is 5.56 Å². The smallest absolute Gasteiger partial charge is 0.131 e. The van der Waals surface area contributed by atoms with Crippen molar-refractivity contribution < 1.29 is 4.52 Å². The molecule has 1 nitrogen and oxygen atoms in total. The van der Waals surface area contributed by atoms with E-state index in [1.165, 1.54) is 16.3 Å². The topological polar surface area (TPSA) is 9.23 Å². The van der Waals surface area contributed by atoms with Gasteiger partial charge in [-0.25, -0.2) is 0 Å². The summed E-state index contributed by atoms with van der Waals surface area (Å²) in [5, 5.41) is 2.54. The summed E-state index contributed by atoms with van der Waals surface area (Å²) >= 11 is 0. The Morgan fingerprint density at radius 1 is 1.00 bits per heavy atom. The van der Waals surface area contributed by atoms with Gasteiger partial charge >= 0.3 is 0 Å². The molecule has 1 heterocycles. The molecule has 0 aliphatic carbocycles. The zero-order valence-corrected chi connectivity index (χ0v) is 9.87. The van der Waals surface area contributed by atoms with Crippen molar-refractivity contribution >= 4 is 35.6 Å². The molecule has 0 saturated heterocycles. The second-order valence-electron chi connectivity index (χ2n) is 3.25. The lowest BCUT2D eigenvalue weighted by atomic mass is 10.0. The summed E-state index contributed by atoms with van der Waals surface area (Å²) in [6.07, 6.45) is 2.15. The van der Waals surface area contributed by atoms with Gasteiger partial charge in [-0.15, -0.1) is 0 Å². The lowest BCUT2D eigenvalue weighted by Gasteiger charge is -2.13. The molecular weight excluding hydrogens is 222 g/mol. The molecular formula is C12H9OP2. The van der Waals surface area contributed by atoms with Crippen molar-refractivity contribution in [2.45, 2.75) is 0 Å². The molecule has 3 heteroatoms. The number of rotatable bonds is 0. The lowest BCUT2D eigenvalue weighted by molar-refractivity contribution is 0.635. The van der Waals surface area contributed by atoms with Gasteiger partial charge in [-0.1, -0.05) is 30.3 Å². The first-order chi connectivity index (χ1) is 6.95. The van der Waals surface area contributed by atoms with E-state index in [1.807, 2.05) is 6.07 Å². The Kier molecular flexibility index (Phi) is 3.05. The molecule has 3 rings (SSSR count). The Hall–Kier alpha value is -0.900. The highest BCUT2D eigenvalue weighted by Gasteiger charge is 2.08. The van der Waals surface area contributed by atoms with E-state index in [-0.39, 0.29) is 9.90 Å². The van der Waals surface area contributed by atoms with E-state index in [0.29, 0.717) is 8.81 Å². The van der Waals surface area contributed by atoms with Crippen molar-refractivity contribution in [3.8, 4) is 5.75 Å². The molecule has 1 atom stereocenters. The van der Waals surface area contributed by atoms with Gasteiger partial charge in [-0.05, 0) is 28.7 Å². The second kappa shape index (κ2) is 4.31. The van der Waals surface area contributed by atoms with Crippen LogP contribution in [0.3, 0.4) is 0 Å². The van der Waals surface area contributed by atoms with Crippen LogP contribution in [0.15, 0.2) is 42.2 Å².